The highest BCUT2D eigenvalue weighted by molar-refractivity contribution is 7.92. The molecule has 1 heterocycles. The van der Waals surface area contributed by atoms with Gasteiger partial charge in [0.15, 0.2) is 5.75 Å². The number of carbonyl (C=O) groups excluding carboxylic acids is 1. The Morgan fingerprint density at radius 1 is 0.978 bits per heavy atom. The molecule has 46 heavy (non-hydrogen) atoms. The minimum atomic E-state index is -3.97. The van der Waals surface area contributed by atoms with Gasteiger partial charge >= 0.3 is 0 Å². The molecule has 2 N–H and O–H groups in total. The van der Waals surface area contributed by atoms with Gasteiger partial charge in [0.25, 0.3) is 15.9 Å². The monoisotopic (exact) mass is 643 g/mol. The zero-order valence-electron chi connectivity index (χ0n) is 26.6. The molecule has 0 unspecified atom stereocenters. The number of fused-ring (bicyclic) bond motifs is 1. The van der Waals surface area contributed by atoms with Crippen LogP contribution in [0, 0.1) is 12.8 Å². The third-order valence-corrected chi connectivity index (χ3v) is 9.49. The number of hydrogen-bond donors (Lipinski definition) is 2. The Kier molecular flexibility index (Phi) is 10.3. The average Bonchev–Trinajstić information content (AvgIpc) is 3.04. The van der Waals surface area contributed by atoms with Gasteiger partial charge in [0, 0.05) is 25.6 Å². The van der Waals surface area contributed by atoms with Gasteiger partial charge in [0.1, 0.15) is 17.6 Å². The Bertz CT molecular complexity index is 1730. The van der Waals surface area contributed by atoms with Gasteiger partial charge in [-0.2, -0.15) is 0 Å². The minimum Gasteiger partial charge on any atom is -0.486 e. The fraction of sp³-hybridized carbons (Fsp3) is 0.306. The summed E-state index contributed by atoms with van der Waals surface area (Å²) in [5.74, 6) is 1.22. The molecule has 3 atom stereocenters. The van der Waals surface area contributed by atoms with E-state index in [1.807, 2.05) is 75.5 Å². The van der Waals surface area contributed by atoms with Gasteiger partial charge in [-0.15, -0.1) is 0 Å². The number of anilines is 1. The summed E-state index contributed by atoms with van der Waals surface area (Å²) in [6.45, 7) is 6.97. The highest BCUT2D eigenvalue weighted by Gasteiger charge is 2.35. The number of aliphatic hydroxyl groups is 1. The van der Waals surface area contributed by atoms with E-state index in [2.05, 4.69) is 9.62 Å². The standard InChI is InChI=1S/C36H41N3O6S/c1-25-13-19-31(20-14-25)46(42,43)37-33-12-8-11-32-35(33)45-34(26(2)21-39(36(32)41)27(3)24-40)23-38(4)22-28-15-17-30(18-16-28)44-29-9-6-5-7-10-29/h5-20,26-27,34,37,40H,21-24H2,1-4H3/t26-,27+,34+/m0/s1. The lowest BCUT2D eigenvalue weighted by molar-refractivity contribution is 0.0344. The van der Waals surface area contributed by atoms with Crippen LogP contribution in [-0.4, -0.2) is 68.1 Å². The molecule has 0 spiro atoms. The summed E-state index contributed by atoms with van der Waals surface area (Å²) in [6.07, 6.45) is -0.407. The number of ether oxygens (including phenoxy) is 2. The minimum absolute atomic E-state index is 0.105. The number of para-hydroxylation sites is 2. The van der Waals surface area contributed by atoms with Crippen molar-refractivity contribution in [2.24, 2.45) is 5.92 Å². The molecular weight excluding hydrogens is 602 g/mol. The van der Waals surface area contributed by atoms with Crippen molar-refractivity contribution in [3.63, 3.8) is 0 Å². The van der Waals surface area contributed by atoms with Gasteiger partial charge in [-0.25, -0.2) is 8.42 Å². The van der Waals surface area contributed by atoms with Crippen molar-refractivity contribution >= 4 is 21.6 Å². The predicted octanol–water partition coefficient (Wildman–Crippen LogP) is 5.94. The number of nitrogens with one attached hydrogen (secondary N) is 1. The average molecular weight is 644 g/mol. The second-order valence-corrected chi connectivity index (χ2v) is 13.7. The molecular formula is C36H41N3O6S. The van der Waals surface area contributed by atoms with Crippen molar-refractivity contribution in [2.75, 3.05) is 31.5 Å². The normalized spacial score (nSPS) is 17.4. The van der Waals surface area contributed by atoms with Crippen LogP contribution in [-0.2, 0) is 16.6 Å². The Balaban J connectivity index is 1.39. The van der Waals surface area contributed by atoms with Gasteiger partial charge in [0.05, 0.1) is 28.8 Å². The first-order valence-electron chi connectivity index (χ1n) is 15.4. The highest BCUT2D eigenvalue weighted by atomic mass is 32.2. The lowest BCUT2D eigenvalue weighted by Crippen LogP contribution is -2.49. The molecule has 1 amide bonds. The molecule has 4 aromatic carbocycles. The third kappa shape index (κ3) is 7.88. The van der Waals surface area contributed by atoms with Gasteiger partial charge in [-0.3, -0.25) is 14.4 Å². The molecule has 10 heteroatoms. The summed E-state index contributed by atoms with van der Waals surface area (Å²) in [5, 5.41) is 10.00. The highest BCUT2D eigenvalue weighted by Crippen LogP contribution is 2.36. The van der Waals surface area contributed by atoms with E-state index in [-0.39, 0.29) is 40.3 Å². The van der Waals surface area contributed by atoms with Crippen LogP contribution in [0.1, 0.15) is 35.3 Å². The summed E-state index contributed by atoms with van der Waals surface area (Å²) >= 11 is 0. The molecule has 0 saturated carbocycles. The van der Waals surface area contributed by atoms with Gasteiger partial charge in [-0.05, 0) is 75.0 Å². The van der Waals surface area contributed by atoms with E-state index in [0.717, 1.165) is 22.6 Å². The molecule has 242 valence electrons. The Hall–Kier alpha value is -4.38. The molecule has 0 saturated heterocycles. The Labute approximate surface area is 271 Å². The maximum absolute atomic E-state index is 13.8. The first-order valence-corrected chi connectivity index (χ1v) is 16.8. The molecule has 5 rings (SSSR count). The van der Waals surface area contributed by atoms with E-state index in [1.165, 1.54) is 0 Å². The lowest BCUT2D eigenvalue weighted by atomic mass is 9.99. The molecule has 0 radical (unpaired) electrons. The molecule has 4 aromatic rings. The van der Waals surface area contributed by atoms with E-state index < -0.39 is 22.2 Å². The van der Waals surface area contributed by atoms with E-state index in [4.69, 9.17) is 9.47 Å². The molecule has 0 bridgehead atoms. The number of benzene rings is 4. The number of carbonyl (C=O) groups is 1. The predicted molar refractivity (Wildman–Crippen MR) is 179 cm³/mol. The van der Waals surface area contributed by atoms with E-state index in [9.17, 15) is 18.3 Å². The molecule has 1 aliphatic heterocycles. The number of hydrogen-bond acceptors (Lipinski definition) is 7. The molecule has 0 aromatic heterocycles. The number of rotatable bonds is 11. The number of aryl methyl sites for hydroxylation is 1. The zero-order valence-corrected chi connectivity index (χ0v) is 27.4. The van der Waals surface area contributed by atoms with Crippen LogP contribution in [0.2, 0.25) is 0 Å². The van der Waals surface area contributed by atoms with Crippen LogP contribution in [0.25, 0.3) is 0 Å². The maximum atomic E-state index is 13.8. The molecule has 0 fully saturated rings. The quantitative estimate of drug-likeness (QED) is 0.208. The Morgan fingerprint density at radius 2 is 1.65 bits per heavy atom. The van der Waals surface area contributed by atoms with Crippen molar-refractivity contribution in [2.45, 2.75) is 44.4 Å². The first-order chi connectivity index (χ1) is 22.0. The summed E-state index contributed by atoms with van der Waals surface area (Å²) in [7, 11) is -1.98. The van der Waals surface area contributed by atoms with Gasteiger partial charge in [0.2, 0.25) is 0 Å². The SMILES string of the molecule is Cc1ccc(S(=O)(=O)Nc2cccc3c2O[C@H](CN(C)Cc2ccc(Oc4ccccc4)cc2)[C@@H](C)CN([C@H](C)CO)C3=O)cc1. The third-order valence-electron chi connectivity index (χ3n) is 8.11. The van der Waals surface area contributed by atoms with E-state index >= 15 is 0 Å². The second-order valence-electron chi connectivity index (χ2n) is 12.0. The first kappa shape index (κ1) is 33.0. The number of sulfonamides is 1. The smallest absolute Gasteiger partial charge is 0.262 e. The van der Waals surface area contributed by atoms with Crippen molar-refractivity contribution in [3.8, 4) is 17.2 Å². The number of nitrogens with zero attached hydrogens (tertiary/aromatic N) is 2. The molecule has 1 aliphatic rings. The van der Waals surface area contributed by atoms with Crippen molar-refractivity contribution in [1.29, 1.82) is 0 Å². The largest absolute Gasteiger partial charge is 0.486 e. The van der Waals surface area contributed by atoms with Gasteiger partial charge < -0.3 is 19.5 Å². The number of likely N-dealkylation sites (N-methyl/N-ethyl adjacent to an activating group) is 1. The van der Waals surface area contributed by atoms with Crippen molar-refractivity contribution < 1.29 is 27.8 Å². The van der Waals surface area contributed by atoms with Crippen LogP contribution in [0.4, 0.5) is 5.69 Å². The van der Waals surface area contributed by atoms with E-state index in [1.54, 1.807) is 54.3 Å². The van der Waals surface area contributed by atoms with Crippen molar-refractivity contribution in [1.82, 2.24) is 9.80 Å². The summed E-state index contributed by atoms with van der Waals surface area (Å²) < 4.78 is 42.0. The fourth-order valence-corrected chi connectivity index (χ4v) is 6.50. The summed E-state index contributed by atoms with van der Waals surface area (Å²) in [4.78, 5) is 17.7. The number of aliphatic hydroxyl groups excluding tert-OH is 1. The van der Waals surface area contributed by atoms with E-state index in [0.29, 0.717) is 19.6 Å². The lowest BCUT2D eigenvalue weighted by Gasteiger charge is -2.38. The fourth-order valence-electron chi connectivity index (χ4n) is 5.43. The summed E-state index contributed by atoms with van der Waals surface area (Å²) in [5.41, 5.74) is 2.43. The molecule has 0 aliphatic carbocycles. The topological polar surface area (TPSA) is 108 Å². The van der Waals surface area contributed by atoms with Crippen molar-refractivity contribution in [3.05, 3.63) is 114 Å². The maximum Gasteiger partial charge on any atom is 0.262 e. The van der Waals surface area contributed by atoms with Crippen LogP contribution in [0.15, 0.2) is 102 Å². The van der Waals surface area contributed by atoms with Crippen LogP contribution < -0.4 is 14.2 Å². The number of amides is 1. The summed E-state index contributed by atoms with van der Waals surface area (Å²) in [6, 6.07) is 28.5. The van der Waals surface area contributed by atoms with Crippen LogP contribution in [0.5, 0.6) is 17.2 Å². The second kappa shape index (κ2) is 14.4. The molecule has 9 nitrogen and oxygen atoms in total. The van der Waals surface area contributed by atoms with Crippen LogP contribution >= 0.6 is 0 Å². The van der Waals surface area contributed by atoms with Gasteiger partial charge in [-0.1, -0.05) is 61.0 Å². The zero-order chi connectivity index (χ0) is 32.8. The Morgan fingerprint density at radius 3 is 2.33 bits per heavy atom. The van der Waals surface area contributed by atoms with Crippen LogP contribution in [0.3, 0.4) is 0 Å².